The molecule has 19 heavy (non-hydrogen) atoms. The van der Waals surface area contributed by atoms with Crippen LogP contribution in [0, 0.1) is 11.7 Å². The molecule has 2 atom stereocenters. The lowest BCUT2D eigenvalue weighted by Crippen LogP contribution is -2.25. The van der Waals surface area contributed by atoms with Gasteiger partial charge in [-0.1, -0.05) is 18.2 Å². The molecule has 0 bridgehead atoms. The highest BCUT2D eigenvalue weighted by atomic mass is 32.1. The topological polar surface area (TPSA) is 12.0 Å². The molecule has 100 valence electrons. The summed E-state index contributed by atoms with van der Waals surface area (Å²) in [6, 6.07) is 11.9. The lowest BCUT2D eigenvalue weighted by atomic mass is 10.0. The zero-order valence-corrected chi connectivity index (χ0v) is 11.8. The van der Waals surface area contributed by atoms with Crippen LogP contribution in [0.1, 0.15) is 42.3 Å². The molecule has 1 nitrogen and oxygen atoms in total. The van der Waals surface area contributed by atoms with Gasteiger partial charge in [-0.25, -0.2) is 4.39 Å². The summed E-state index contributed by atoms with van der Waals surface area (Å²) in [6.07, 6.45) is 2.54. The minimum Gasteiger partial charge on any atom is -0.302 e. The Morgan fingerprint density at radius 3 is 2.53 bits per heavy atom. The average Bonchev–Trinajstić information content (AvgIpc) is 3.10. The van der Waals surface area contributed by atoms with Crippen LogP contribution in [0.25, 0.3) is 0 Å². The Bertz CT molecular complexity index is 516. The van der Waals surface area contributed by atoms with E-state index in [1.807, 2.05) is 12.1 Å². The van der Waals surface area contributed by atoms with Crippen molar-refractivity contribution in [2.45, 2.75) is 31.8 Å². The molecule has 1 fully saturated rings. The number of nitrogens with one attached hydrogen (secondary N) is 1. The summed E-state index contributed by atoms with van der Waals surface area (Å²) in [7, 11) is 0. The van der Waals surface area contributed by atoms with Crippen molar-refractivity contribution in [1.82, 2.24) is 5.32 Å². The molecule has 0 saturated heterocycles. The van der Waals surface area contributed by atoms with E-state index in [4.69, 9.17) is 0 Å². The first kappa shape index (κ1) is 12.8. The van der Waals surface area contributed by atoms with E-state index in [1.54, 1.807) is 23.5 Å². The van der Waals surface area contributed by atoms with E-state index in [1.165, 1.54) is 23.3 Å². The fraction of sp³-hybridized carbons (Fsp3) is 0.375. The van der Waals surface area contributed by atoms with Gasteiger partial charge in [0.05, 0.1) is 0 Å². The maximum Gasteiger partial charge on any atom is 0.123 e. The molecule has 2 aromatic rings. The van der Waals surface area contributed by atoms with E-state index >= 15 is 0 Å². The second kappa shape index (κ2) is 5.43. The second-order valence-electron chi connectivity index (χ2n) is 5.27. The molecule has 2 unspecified atom stereocenters. The van der Waals surface area contributed by atoms with Crippen LogP contribution in [0.3, 0.4) is 0 Å². The Kier molecular flexibility index (Phi) is 3.67. The van der Waals surface area contributed by atoms with Crippen LogP contribution < -0.4 is 5.32 Å². The third kappa shape index (κ3) is 3.04. The standard InChI is InChI=1S/C16H18FNS/c1-11(15-3-2-10-19-15)18-16(12-4-5-12)13-6-8-14(17)9-7-13/h2-3,6-12,16,18H,4-5H2,1H3. The summed E-state index contributed by atoms with van der Waals surface area (Å²) >= 11 is 1.78. The van der Waals surface area contributed by atoms with Gasteiger partial charge in [-0.3, -0.25) is 0 Å². The number of halogens is 1. The van der Waals surface area contributed by atoms with E-state index in [-0.39, 0.29) is 5.82 Å². The van der Waals surface area contributed by atoms with Crippen LogP contribution in [-0.2, 0) is 0 Å². The molecule has 0 spiro atoms. The number of thiophene rings is 1. The van der Waals surface area contributed by atoms with Gasteiger partial charge in [0.1, 0.15) is 5.82 Å². The summed E-state index contributed by atoms with van der Waals surface area (Å²) in [5.74, 6) is 0.539. The Morgan fingerprint density at radius 1 is 1.21 bits per heavy atom. The third-order valence-corrected chi connectivity index (χ3v) is 4.78. The number of benzene rings is 1. The van der Waals surface area contributed by atoms with Gasteiger partial charge >= 0.3 is 0 Å². The number of rotatable bonds is 5. The van der Waals surface area contributed by atoms with Gasteiger partial charge in [0.15, 0.2) is 0 Å². The molecule has 1 aromatic carbocycles. The fourth-order valence-corrected chi connectivity index (χ4v) is 3.24. The molecule has 3 heteroatoms. The first-order valence-electron chi connectivity index (χ1n) is 6.79. The van der Waals surface area contributed by atoms with Crippen LogP contribution in [0.2, 0.25) is 0 Å². The summed E-state index contributed by atoms with van der Waals surface area (Å²) in [6.45, 7) is 2.20. The van der Waals surface area contributed by atoms with Crippen molar-refractivity contribution in [3.05, 3.63) is 58.0 Å². The summed E-state index contributed by atoms with van der Waals surface area (Å²) in [5.41, 5.74) is 1.20. The van der Waals surface area contributed by atoms with Crippen LogP contribution >= 0.6 is 11.3 Å². The van der Waals surface area contributed by atoms with Gasteiger partial charge in [-0.05, 0) is 54.8 Å². The van der Waals surface area contributed by atoms with Crippen LogP contribution in [0.4, 0.5) is 4.39 Å². The highest BCUT2D eigenvalue weighted by molar-refractivity contribution is 7.10. The highest BCUT2D eigenvalue weighted by Crippen LogP contribution is 2.42. The Morgan fingerprint density at radius 2 is 1.95 bits per heavy atom. The first-order chi connectivity index (χ1) is 9.24. The van der Waals surface area contributed by atoms with Crippen LogP contribution in [-0.4, -0.2) is 0 Å². The summed E-state index contributed by atoms with van der Waals surface area (Å²) < 4.78 is 13.0. The molecular weight excluding hydrogens is 257 g/mol. The fourth-order valence-electron chi connectivity index (χ4n) is 2.49. The maximum atomic E-state index is 13.0. The zero-order chi connectivity index (χ0) is 13.2. The monoisotopic (exact) mass is 275 g/mol. The third-order valence-electron chi connectivity index (χ3n) is 3.72. The van der Waals surface area contributed by atoms with Crippen LogP contribution in [0.5, 0.6) is 0 Å². The average molecular weight is 275 g/mol. The molecule has 1 aliphatic carbocycles. The van der Waals surface area contributed by atoms with Gasteiger partial charge in [-0.15, -0.1) is 11.3 Å². The van der Waals surface area contributed by atoms with E-state index in [0.717, 1.165) is 0 Å². The van der Waals surface area contributed by atoms with E-state index in [0.29, 0.717) is 18.0 Å². The minimum absolute atomic E-state index is 0.162. The van der Waals surface area contributed by atoms with Crippen molar-refractivity contribution >= 4 is 11.3 Å². The predicted molar refractivity (Wildman–Crippen MR) is 77.7 cm³/mol. The van der Waals surface area contributed by atoms with E-state index in [9.17, 15) is 4.39 Å². The van der Waals surface area contributed by atoms with Crippen molar-refractivity contribution in [2.24, 2.45) is 5.92 Å². The lowest BCUT2D eigenvalue weighted by Gasteiger charge is -2.23. The van der Waals surface area contributed by atoms with E-state index < -0.39 is 0 Å². The van der Waals surface area contributed by atoms with Gasteiger partial charge in [-0.2, -0.15) is 0 Å². The minimum atomic E-state index is -0.162. The summed E-state index contributed by atoms with van der Waals surface area (Å²) in [5, 5.41) is 5.81. The smallest absolute Gasteiger partial charge is 0.123 e. The Hall–Kier alpha value is -1.19. The summed E-state index contributed by atoms with van der Waals surface area (Å²) in [4.78, 5) is 1.35. The predicted octanol–water partition coefficient (Wildman–Crippen LogP) is 4.69. The highest BCUT2D eigenvalue weighted by Gasteiger charge is 2.33. The molecule has 0 amide bonds. The molecule has 0 radical (unpaired) electrons. The van der Waals surface area contributed by atoms with Crippen molar-refractivity contribution in [2.75, 3.05) is 0 Å². The lowest BCUT2D eigenvalue weighted by molar-refractivity contribution is 0.430. The quantitative estimate of drug-likeness (QED) is 0.834. The van der Waals surface area contributed by atoms with Crippen molar-refractivity contribution in [3.63, 3.8) is 0 Å². The largest absolute Gasteiger partial charge is 0.302 e. The van der Waals surface area contributed by atoms with E-state index in [2.05, 4.69) is 29.8 Å². The molecule has 1 N–H and O–H groups in total. The molecule has 1 aliphatic rings. The van der Waals surface area contributed by atoms with Gasteiger partial charge in [0.25, 0.3) is 0 Å². The first-order valence-corrected chi connectivity index (χ1v) is 7.67. The molecule has 1 heterocycles. The normalized spacial score (nSPS) is 18.2. The maximum absolute atomic E-state index is 13.0. The van der Waals surface area contributed by atoms with Crippen molar-refractivity contribution < 1.29 is 4.39 Å². The SMILES string of the molecule is CC(NC(c1ccc(F)cc1)C1CC1)c1cccs1. The molecule has 1 aromatic heterocycles. The van der Waals surface area contributed by atoms with Crippen molar-refractivity contribution in [1.29, 1.82) is 0 Å². The molecular formula is C16H18FNS. The van der Waals surface area contributed by atoms with Gasteiger partial charge in [0, 0.05) is 17.0 Å². The number of hydrogen-bond donors (Lipinski definition) is 1. The molecule has 1 saturated carbocycles. The molecule has 0 aliphatic heterocycles. The molecule has 3 rings (SSSR count). The van der Waals surface area contributed by atoms with Crippen molar-refractivity contribution in [3.8, 4) is 0 Å². The number of hydrogen-bond acceptors (Lipinski definition) is 2. The van der Waals surface area contributed by atoms with Gasteiger partial charge in [0.2, 0.25) is 0 Å². The van der Waals surface area contributed by atoms with Crippen LogP contribution in [0.15, 0.2) is 41.8 Å². The Balaban J connectivity index is 1.76. The second-order valence-corrected chi connectivity index (χ2v) is 6.25. The Labute approximate surface area is 117 Å². The zero-order valence-electron chi connectivity index (χ0n) is 11.0. The van der Waals surface area contributed by atoms with Gasteiger partial charge < -0.3 is 5.32 Å².